The Morgan fingerprint density at radius 2 is 2.09 bits per heavy atom. The number of amides is 1. The Labute approximate surface area is 195 Å². The molecule has 1 saturated heterocycles. The predicted molar refractivity (Wildman–Crippen MR) is 132 cm³/mol. The zero-order valence-electron chi connectivity index (χ0n) is 20.0. The molecule has 3 aromatic rings. The number of hydrogen-bond donors (Lipinski definition) is 2. The van der Waals surface area contributed by atoms with Crippen LogP contribution in [-0.4, -0.2) is 65.5 Å². The Balaban J connectivity index is 1.47. The van der Waals surface area contributed by atoms with Crippen LogP contribution in [0.5, 0.6) is 0 Å². The van der Waals surface area contributed by atoms with Gasteiger partial charge in [0.05, 0.1) is 30.2 Å². The molecule has 1 atom stereocenters. The second-order valence-electron chi connectivity index (χ2n) is 8.83. The highest BCUT2D eigenvalue weighted by Gasteiger charge is 2.25. The maximum absolute atomic E-state index is 12.8. The molecule has 1 aromatic carbocycles. The van der Waals surface area contributed by atoms with Crippen molar-refractivity contribution < 1.29 is 9.53 Å². The highest BCUT2D eigenvalue weighted by Crippen LogP contribution is 2.31. The molecule has 0 bridgehead atoms. The van der Waals surface area contributed by atoms with Crippen LogP contribution in [0.1, 0.15) is 35.8 Å². The number of hydrogen-bond acceptors (Lipinski definition) is 6. The van der Waals surface area contributed by atoms with Crippen LogP contribution in [0.2, 0.25) is 0 Å². The molecular weight excluding hydrogens is 416 g/mol. The van der Waals surface area contributed by atoms with Gasteiger partial charge in [-0.25, -0.2) is 4.98 Å². The van der Waals surface area contributed by atoms with Crippen molar-refractivity contribution in [3.63, 3.8) is 0 Å². The largest absolute Gasteiger partial charge is 0.383 e. The molecule has 1 aliphatic rings. The molecule has 33 heavy (non-hydrogen) atoms. The summed E-state index contributed by atoms with van der Waals surface area (Å²) in [7, 11) is 3.59. The van der Waals surface area contributed by atoms with Crippen LogP contribution < -0.4 is 10.6 Å². The minimum atomic E-state index is 0.00300. The third-order valence-electron chi connectivity index (χ3n) is 6.42. The van der Waals surface area contributed by atoms with Crippen LogP contribution in [0.3, 0.4) is 0 Å². The third kappa shape index (κ3) is 5.34. The summed E-state index contributed by atoms with van der Waals surface area (Å²) in [5, 5.41) is 13.2. The second kappa shape index (κ2) is 10.3. The monoisotopic (exact) mass is 450 g/mol. The van der Waals surface area contributed by atoms with Crippen LogP contribution in [0, 0.1) is 13.8 Å². The van der Waals surface area contributed by atoms with Gasteiger partial charge in [-0.2, -0.15) is 5.10 Å². The molecule has 0 aliphatic carbocycles. The van der Waals surface area contributed by atoms with Crippen molar-refractivity contribution in [1.29, 1.82) is 0 Å². The topological polar surface area (TPSA) is 84.3 Å². The highest BCUT2D eigenvalue weighted by molar-refractivity contribution is 5.93. The number of nitrogens with zero attached hydrogens (tertiary/aromatic N) is 4. The third-order valence-corrected chi connectivity index (χ3v) is 6.42. The summed E-state index contributed by atoms with van der Waals surface area (Å²) in [4.78, 5) is 20.0. The Kier molecular flexibility index (Phi) is 7.25. The Hall–Kier alpha value is -2.97. The SMILES string of the molecule is COCCNc1nc([C@@H]2CCCN(CC(=O)Nc3c(C)nn(C)c3C)C2)cc2ccccc12. The van der Waals surface area contributed by atoms with E-state index in [0.29, 0.717) is 25.6 Å². The van der Waals surface area contributed by atoms with Gasteiger partial charge in [-0.05, 0) is 44.7 Å². The first-order chi connectivity index (χ1) is 16.0. The molecule has 2 N–H and O–H groups in total. The number of fused-ring (bicyclic) bond motifs is 1. The summed E-state index contributed by atoms with van der Waals surface area (Å²) in [5.74, 6) is 1.20. The van der Waals surface area contributed by atoms with E-state index in [0.717, 1.165) is 59.9 Å². The van der Waals surface area contributed by atoms with Gasteiger partial charge in [0.2, 0.25) is 5.91 Å². The predicted octanol–water partition coefficient (Wildman–Crippen LogP) is 3.46. The van der Waals surface area contributed by atoms with Gasteiger partial charge in [-0.15, -0.1) is 0 Å². The highest BCUT2D eigenvalue weighted by atomic mass is 16.5. The van der Waals surface area contributed by atoms with E-state index in [9.17, 15) is 4.79 Å². The van der Waals surface area contributed by atoms with Gasteiger partial charge in [-0.1, -0.05) is 24.3 Å². The Morgan fingerprint density at radius 1 is 1.27 bits per heavy atom. The summed E-state index contributed by atoms with van der Waals surface area (Å²) in [5.41, 5.74) is 3.71. The van der Waals surface area contributed by atoms with Crippen molar-refractivity contribution in [3.05, 3.63) is 47.4 Å². The normalized spacial score (nSPS) is 16.8. The molecule has 0 spiro atoms. The number of benzene rings is 1. The van der Waals surface area contributed by atoms with Gasteiger partial charge in [-0.3, -0.25) is 14.4 Å². The first-order valence-electron chi connectivity index (χ1n) is 11.6. The van der Waals surface area contributed by atoms with Gasteiger partial charge in [0.1, 0.15) is 5.82 Å². The smallest absolute Gasteiger partial charge is 0.238 e. The number of carbonyl (C=O) groups is 1. The summed E-state index contributed by atoms with van der Waals surface area (Å²) in [6.07, 6.45) is 2.12. The number of carbonyl (C=O) groups excluding carboxylic acids is 1. The van der Waals surface area contributed by atoms with E-state index in [4.69, 9.17) is 9.72 Å². The van der Waals surface area contributed by atoms with Crippen molar-refractivity contribution in [3.8, 4) is 0 Å². The van der Waals surface area contributed by atoms with Gasteiger partial charge in [0.25, 0.3) is 0 Å². The van der Waals surface area contributed by atoms with Crippen LogP contribution in [0.25, 0.3) is 10.8 Å². The number of nitrogens with one attached hydrogen (secondary N) is 2. The van der Waals surface area contributed by atoms with E-state index in [1.807, 2.05) is 27.0 Å². The number of rotatable bonds is 8. The summed E-state index contributed by atoms with van der Waals surface area (Å²) in [6, 6.07) is 10.5. The van der Waals surface area contributed by atoms with Crippen molar-refractivity contribution in [1.82, 2.24) is 19.7 Å². The van der Waals surface area contributed by atoms with Crippen LogP contribution >= 0.6 is 0 Å². The fourth-order valence-electron chi connectivity index (χ4n) is 4.61. The molecule has 1 aliphatic heterocycles. The quantitative estimate of drug-likeness (QED) is 0.512. The van der Waals surface area contributed by atoms with Gasteiger partial charge < -0.3 is 15.4 Å². The molecule has 1 fully saturated rings. The second-order valence-corrected chi connectivity index (χ2v) is 8.83. The Morgan fingerprint density at radius 3 is 2.85 bits per heavy atom. The number of aryl methyl sites for hydroxylation is 2. The molecule has 4 rings (SSSR count). The van der Waals surface area contributed by atoms with Gasteiger partial charge >= 0.3 is 0 Å². The van der Waals surface area contributed by atoms with Crippen LogP contribution in [0.15, 0.2) is 30.3 Å². The molecule has 3 heterocycles. The molecule has 2 aromatic heterocycles. The standard InChI is InChI=1S/C25H34N6O2/c1-17-24(18(2)30(3)29-17)28-23(32)16-31-12-7-9-20(15-31)22-14-19-8-5-6-10-21(19)25(27-22)26-11-13-33-4/h5-6,8,10,14,20H,7,9,11-13,15-16H2,1-4H3,(H,26,27)(H,28,32)/t20-/m1/s1. The lowest BCUT2D eigenvalue weighted by Crippen LogP contribution is -2.40. The zero-order valence-corrected chi connectivity index (χ0v) is 20.0. The van der Waals surface area contributed by atoms with Crippen molar-refractivity contribution in [2.75, 3.05) is 50.5 Å². The fraction of sp³-hybridized carbons (Fsp3) is 0.480. The van der Waals surface area contributed by atoms with Gasteiger partial charge in [0, 0.05) is 44.2 Å². The van der Waals surface area contributed by atoms with E-state index < -0.39 is 0 Å². The summed E-state index contributed by atoms with van der Waals surface area (Å²) in [6.45, 7) is 7.34. The number of likely N-dealkylation sites (tertiary alicyclic amines) is 1. The Bertz CT molecular complexity index is 1130. The maximum atomic E-state index is 12.8. The number of anilines is 2. The number of methoxy groups -OCH3 is 1. The minimum Gasteiger partial charge on any atom is -0.383 e. The molecule has 0 saturated carbocycles. The first kappa shape index (κ1) is 23.2. The zero-order chi connectivity index (χ0) is 23.4. The lowest BCUT2D eigenvalue weighted by molar-refractivity contribution is -0.117. The molecule has 0 radical (unpaired) electrons. The molecule has 176 valence electrons. The molecule has 0 unspecified atom stereocenters. The van der Waals surface area contributed by atoms with Crippen LogP contribution in [-0.2, 0) is 16.6 Å². The number of ether oxygens (including phenoxy) is 1. The lowest BCUT2D eigenvalue weighted by atomic mass is 9.93. The number of aromatic nitrogens is 3. The van der Waals surface area contributed by atoms with Crippen LogP contribution in [0.4, 0.5) is 11.5 Å². The average Bonchev–Trinajstić information content (AvgIpc) is 3.05. The van der Waals surface area contributed by atoms with E-state index >= 15 is 0 Å². The molecular formula is C25H34N6O2. The maximum Gasteiger partial charge on any atom is 0.238 e. The lowest BCUT2D eigenvalue weighted by Gasteiger charge is -2.32. The fourth-order valence-corrected chi connectivity index (χ4v) is 4.61. The van der Waals surface area contributed by atoms with Crippen molar-refractivity contribution >= 4 is 28.2 Å². The molecule has 1 amide bonds. The van der Waals surface area contributed by atoms with Crippen molar-refractivity contribution in [2.24, 2.45) is 7.05 Å². The van der Waals surface area contributed by atoms with Gasteiger partial charge in [0.15, 0.2) is 0 Å². The average molecular weight is 451 g/mol. The van der Waals surface area contributed by atoms with E-state index in [2.05, 4.69) is 44.9 Å². The van der Waals surface area contributed by atoms with E-state index in [1.54, 1.807) is 11.8 Å². The van der Waals surface area contributed by atoms with Crippen molar-refractivity contribution in [2.45, 2.75) is 32.6 Å². The van der Waals surface area contributed by atoms with E-state index in [1.165, 1.54) is 5.39 Å². The minimum absolute atomic E-state index is 0.00300. The number of piperidine rings is 1. The first-order valence-corrected chi connectivity index (χ1v) is 11.6. The molecule has 8 heteroatoms. The number of pyridine rings is 1. The summed E-state index contributed by atoms with van der Waals surface area (Å²) >= 11 is 0. The molecule has 8 nitrogen and oxygen atoms in total. The van der Waals surface area contributed by atoms with E-state index in [-0.39, 0.29) is 5.91 Å². The summed E-state index contributed by atoms with van der Waals surface area (Å²) < 4.78 is 6.99.